The van der Waals surface area contributed by atoms with Crippen molar-refractivity contribution >= 4 is 5.91 Å². The SMILES string of the molecule is Cc1cc(C)n(Cc2ccccc2F)c1C(=O)N1CCCC1. The minimum Gasteiger partial charge on any atom is -0.337 e. The van der Waals surface area contributed by atoms with E-state index >= 15 is 0 Å². The summed E-state index contributed by atoms with van der Waals surface area (Å²) in [6.07, 6.45) is 2.13. The molecule has 0 atom stereocenters. The van der Waals surface area contributed by atoms with Gasteiger partial charge in [0.1, 0.15) is 11.5 Å². The summed E-state index contributed by atoms with van der Waals surface area (Å²) in [7, 11) is 0. The summed E-state index contributed by atoms with van der Waals surface area (Å²) in [5, 5.41) is 0. The lowest BCUT2D eigenvalue weighted by molar-refractivity contribution is 0.0781. The van der Waals surface area contributed by atoms with Crippen LogP contribution in [0.3, 0.4) is 0 Å². The molecule has 0 spiro atoms. The van der Waals surface area contributed by atoms with Crippen molar-refractivity contribution in [3.63, 3.8) is 0 Å². The normalized spacial score (nSPS) is 14.6. The predicted molar refractivity (Wildman–Crippen MR) is 84.5 cm³/mol. The van der Waals surface area contributed by atoms with E-state index in [1.807, 2.05) is 35.4 Å². The quantitative estimate of drug-likeness (QED) is 0.851. The zero-order valence-corrected chi connectivity index (χ0v) is 13.1. The van der Waals surface area contributed by atoms with Crippen molar-refractivity contribution in [1.29, 1.82) is 0 Å². The Morgan fingerprint density at radius 3 is 2.55 bits per heavy atom. The highest BCUT2D eigenvalue weighted by Crippen LogP contribution is 2.22. The second-order valence-electron chi connectivity index (χ2n) is 5.99. The van der Waals surface area contributed by atoms with Gasteiger partial charge in [-0.1, -0.05) is 18.2 Å². The Morgan fingerprint density at radius 2 is 1.86 bits per heavy atom. The molecule has 1 aromatic carbocycles. The molecule has 1 saturated heterocycles. The maximum atomic E-state index is 13.9. The van der Waals surface area contributed by atoms with Crippen molar-refractivity contribution < 1.29 is 9.18 Å². The molecule has 0 bridgehead atoms. The van der Waals surface area contributed by atoms with Gasteiger partial charge < -0.3 is 9.47 Å². The van der Waals surface area contributed by atoms with Crippen LogP contribution in [0.1, 0.15) is 40.2 Å². The van der Waals surface area contributed by atoms with Crippen molar-refractivity contribution in [2.24, 2.45) is 0 Å². The fraction of sp³-hybridized carbons (Fsp3) is 0.389. The molecule has 22 heavy (non-hydrogen) atoms. The van der Waals surface area contributed by atoms with Crippen molar-refractivity contribution in [2.45, 2.75) is 33.2 Å². The molecule has 0 unspecified atom stereocenters. The van der Waals surface area contributed by atoms with Crippen LogP contribution < -0.4 is 0 Å². The van der Waals surface area contributed by atoms with Gasteiger partial charge in [0.05, 0.1) is 6.54 Å². The molecule has 0 N–H and O–H groups in total. The summed E-state index contributed by atoms with van der Waals surface area (Å²) in [5.41, 5.74) is 3.26. The third-order valence-corrected chi connectivity index (χ3v) is 4.38. The molecule has 2 heterocycles. The Morgan fingerprint density at radius 1 is 1.18 bits per heavy atom. The molecule has 1 aliphatic heterocycles. The van der Waals surface area contributed by atoms with E-state index in [9.17, 15) is 9.18 Å². The van der Waals surface area contributed by atoms with E-state index in [0.717, 1.165) is 37.2 Å². The fourth-order valence-electron chi connectivity index (χ4n) is 3.20. The van der Waals surface area contributed by atoms with E-state index in [0.29, 0.717) is 17.8 Å². The second kappa shape index (κ2) is 5.95. The summed E-state index contributed by atoms with van der Waals surface area (Å²) in [6.45, 7) is 5.95. The lowest BCUT2D eigenvalue weighted by atomic mass is 10.2. The van der Waals surface area contributed by atoms with Crippen LogP contribution >= 0.6 is 0 Å². The van der Waals surface area contributed by atoms with Crippen molar-refractivity contribution in [3.8, 4) is 0 Å². The first-order chi connectivity index (χ1) is 10.6. The molecule has 1 aliphatic rings. The number of carbonyl (C=O) groups excluding carboxylic acids is 1. The molecule has 3 nitrogen and oxygen atoms in total. The van der Waals surface area contributed by atoms with Gasteiger partial charge in [0.2, 0.25) is 0 Å². The highest BCUT2D eigenvalue weighted by molar-refractivity contribution is 5.94. The van der Waals surface area contributed by atoms with Gasteiger partial charge in [0.25, 0.3) is 5.91 Å². The molecule has 2 aromatic rings. The van der Waals surface area contributed by atoms with Crippen LogP contribution in [0.15, 0.2) is 30.3 Å². The van der Waals surface area contributed by atoms with Gasteiger partial charge in [0.15, 0.2) is 0 Å². The molecule has 4 heteroatoms. The average molecular weight is 300 g/mol. The Kier molecular flexibility index (Phi) is 4.01. The van der Waals surface area contributed by atoms with Gasteiger partial charge >= 0.3 is 0 Å². The number of amides is 1. The Labute approximate surface area is 130 Å². The van der Waals surface area contributed by atoms with Gasteiger partial charge in [-0.15, -0.1) is 0 Å². The molecular formula is C18H21FN2O. The summed E-state index contributed by atoms with van der Waals surface area (Å²) < 4.78 is 15.9. The summed E-state index contributed by atoms with van der Waals surface area (Å²) >= 11 is 0. The van der Waals surface area contributed by atoms with Crippen molar-refractivity contribution in [3.05, 3.63) is 58.7 Å². The third-order valence-electron chi connectivity index (χ3n) is 4.38. The van der Waals surface area contributed by atoms with E-state index in [4.69, 9.17) is 0 Å². The zero-order chi connectivity index (χ0) is 15.7. The molecule has 0 radical (unpaired) electrons. The minimum absolute atomic E-state index is 0.0689. The number of carbonyl (C=O) groups is 1. The monoisotopic (exact) mass is 300 g/mol. The average Bonchev–Trinajstić information content (AvgIpc) is 3.10. The second-order valence-corrected chi connectivity index (χ2v) is 5.99. The first-order valence-corrected chi connectivity index (χ1v) is 7.77. The van der Waals surface area contributed by atoms with Crippen LogP contribution in [0, 0.1) is 19.7 Å². The number of aromatic nitrogens is 1. The standard InChI is InChI=1S/C18H21FN2O/c1-13-11-14(2)21(12-15-7-3-4-8-16(15)19)17(13)18(22)20-9-5-6-10-20/h3-4,7-8,11H,5-6,9-10,12H2,1-2H3. The highest BCUT2D eigenvalue weighted by Gasteiger charge is 2.25. The largest absolute Gasteiger partial charge is 0.337 e. The number of benzene rings is 1. The summed E-state index contributed by atoms with van der Waals surface area (Å²) in [6, 6.07) is 8.75. The maximum Gasteiger partial charge on any atom is 0.270 e. The van der Waals surface area contributed by atoms with E-state index in [-0.39, 0.29) is 11.7 Å². The van der Waals surface area contributed by atoms with Crippen LogP contribution in [0.4, 0.5) is 4.39 Å². The molecule has 0 aliphatic carbocycles. The smallest absolute Gasteiger partial charge is 0.270 e. The van der Waals surface area contributed by atoms with Crippen LogP contribution in [-0.2, 0) is 6.54 Å². The number of aryl methyl sites for hydroxylation is 2. The minimum atomic E-state index is -0.229. The van der Waals surface area contributed by atoms with Crippen LogP contribution in [0.2, 0.25) is 0 Å². The first kappa shape index (κ1) is 14.8. The van der Waals surface area contributed by atoms with Crippen LogP contribution in [0.5, 0.6) is 0 Å². The lowest BCUT2D eigenvalue weighted by Crippen LogP contribution is -2.30. The number of nitrogens with zero attached hydrogens (tertiary/aromatic N) is 2. The zero-order valence-electron chi connectivity index (χ0n) is 13.1. The van der Waals surface area contributed by atoms with E-state index in [1.165, 1.54) is 6.07 Å². The van der Waals surface area contributed by atoms with Gasteiger partial charge in [-0.25, -0.2) is 4.39 Å². The highest BCUT2D eigenvalue weighted by atomic mass is 19.1. The molecule has 0 saturated carbocycles. The number of likely N-dealkylation sites (tertiary alicyclic amines) is 1. The van der Waals surface area contributed by atoms with Gasteiger partial charge in [0, 0.05) is 24.3 Å². The van der Waals surface area contributed by atoms with Gasteiger partial charge in [-0.05, 0) is 44.4 Å². The Hall–Kier alpha value is -2.10. The molecule has 1 aromatic heterocycles. The lowest BCUT2D eigenvalue weighted by Gasteiger charge is -2.19. The number of halogens is 1. The summed E-state index contributed by atoms with van der Waals surface area (Å²) in [4.78, 5) is 14.7. The van der Waals surface area contributed by atoms with E-state index in [1.54, 1.807) is 12.1 Å². The van der Waals surface area contributed by atoms with Crippen LogP contribution in [-0.4, -0.2) is 28.5 Å². The molecule has 1 amide bonds. The molecule has 3 rings (SSSR count). The fourth-order valence-corrected chi connectivity index (χ4v) is 3.20. The number of hydrogen-bond acceptors (Lipinski definition) is 1. The van der Waals surface area contributed by atoms with Gasteiger partial charge in [-0.3, -0.25) is 4.79 Å². The summed E-state index contributed by atoms with van der Waals surface area (Å²) in [5.74, 6) is -0.160. The van der Waals surface area contributed by atoms with Gasteiger partial charge in [-0.2, -0.15) is 0 Å². The van der Waals surface area contributed by atoms with Crippen molar-refractivity contribution in [1.82, 2.24) is 9.47 Å². The van der Waals surface area contributed by atoms with E-state index < -0.39 is 0 Å². The van der Waals surface area contributed by atoms with Crippen molar-refractivity contribution in [2.75, 3.05) is 13.1 Å². The predicted octanol–water partition coefficient (Wildman–Crippen LogP) is 3.53. The number of rotatable bonds is 3. The molecular weight excluding hydrogens is 279 g/mol. The third kappa shape index (κ3) is 2.65. The van der Waals surface area contributed by atoms with E-state index in [2.05, 4.69) is 0 Å². The maximum absolute atomic E-state index is 13.9. The van der Waals surface area contributed by atoms with Crippen LogP contribution in [0.25, 0.3) is 0 Å². The number of hydrogen-bond donors (Lipinski definition) is 0. The molecule has 116 valence electrons. The topological polar surface area (TPSA) is 25.2 Å². The molecule has 1 fully saturated rings. The first-order valence-electron chi connectivity index (χ1n) is 7.77. The Bertz CT molecular complexity index is 699. The Balaban J connectivity index is 1.97.